The van der Waals surface area contributed by atoms with Crippen LogP contribution in [0.25, 0.3) is 0 Å². The SMILES string of the molecule is CC(=O)Oc1cc(C(=O)O)cc2c1C(=O)c1c(OCCCCCCSCC(P(=O)(O)O)P(=O)(O)O)cccc1C2=O. The first kappa shape index (κ1) is 32.7. The third-order valence-electron chi connectivity index (χ3n) is 6.06. The van der Waals surface area contributed by atoms with Gasteiger partial charge in [0.1, 0.15) is 11.5 Å². The fourth-order valence-electron chi connectivity index (χ4n) is 4.15. The topological polar surface area (TPSA) is 222 Å². The van der Waals surface area contributed by atoms with E-state index in [9.17, 15) is 33.4 Å². The summed E-state index contributed by atoms with van der Waals surface area (Å²) in [6.07, 6.45) is 2.56. The van der Waals surface area contributed by atoms with Gasteiger partial charge in [0.15, 0.2) is 11.2 Å². The van der Waals surface area contributed by atoms with Crippen molar-refractivity contribution >= 4 is 50.5 Å². The lowest BCUT2D eigenvalue weighted by Gasteiger charge is -2.22. The Balaban J connectivity index is 1.60. The average molecular weight is 631 g/mol. The molecule has 1 aliphatic carbocycles. The summed E-state index contributed by atoms with van der Waals surface area (Å²) in [6, 6.07) is 6.54. The standard InChI is InChI=1S/C25H28O13P2S/c1-14(26)38-19-12-15(25(29)30)11-17-22(19)24(28)21-16(23(17)27)7-6-8-18(21)37-9-4-2-3-5-10-41-13-20(39(31,32)33)40(34,35)36/h6-8,11-12,20H,2-5,9-10,13H2,1H3,(H,29,30)(H2,31,32,33)(H2,34,35,36). The number of benzene rings is 2. The van der Waals surface area contributed by atoms with Gasteiger partial charge in [-0.25, -0.2) is 4.79 Å². The van der Waals surface area contributed by atoms with E-state index in [4.69, 9.17) is 29.0 Å². The number of fused-ring (bicyclic) bond motifs is 2. The fraction of sp³-hybridized carbons (Fsp3) is 0.360. The lowest BCUT2D eigenvalue weighted by atomic mass is 9.82. The number of ketones is 2. The zero-order valence-corrected chi connectivity index (χ0v) is 24.3. The predicted octanol–water partition coefficient (Wildman–Crippen LogP) is 3.44. The maximum Gasteiger partial charge on any atom is 0.341 e. The van der Waals surface area contributed by atoms with Gasteiger partial charge in [0.2, 0.25) is 5.78 Å². The van der Waals surface area contributed by atoms with Gasteiger partial charge >= 0.3 is 27.1 Å². The smallest absolute Gasteiger partial charge is 0.341 e. The van der Waals surface area contributed by atoms with E-state index in [0.29, 0.717) is 31.4 Å². The van der Waals surface area contributed by atoms with Crippen molar-refractivity contribution in [2.45, 2.75) is 38.0 Å². The maximum absolute atomic E-state index is 13.5. The molecule has 222 valence electrons. The summed E-state index contributed by atoms with van der Waals surface area (Å²) in [5, 5.41) is 7.37. The number of hydrogen-bond donors (Lipinski definition) is 5. The Morgan fingerprint density at radius 3 is 2.12 bits per heavy atom. The van der Waals surface area contributed by atoms with Gasteiger partial charge in [-0.3, -0.25) is 23.5 Å². The van der Waals surface area contributed by atoms with Crippen molar-refractivity contribution < 1.29 is 62.5 Å². The molecule has 0 spiro atoms. The van der Waals surface area contributed by atoms with Crippen molar-refractivity contribution in [1.29, 1.82) is 0 Å². The highest BCUT2D eigenvalue weighted by Gasteiger charge is 2.43. The second-order valence-electron chi connectivity index (χ2n) is 9.13. The normalized spacial score (nSPS) is 13.1. The summed E-state index contributed by atoms with van der Waals surface area (Å²) in [5.74, 6) is -3.57. The molecule has 0 aromatic heterocycles. The van der Waals surface area contributed by atoms with E-state index in [2.05, 4.69) is 0 Å². The number of esters is 1. The Kier molecular flexibility index (Phi) is 10.7. The number of thioether (sulfide) groups is 1. The van der Waals surface area contributed by atoms with Gasteiger partial charge in [-0.15, -0.1) is 0 Å². The quantitative estimate of drug-likeness (QED) is 0.0745. The Bertz CT molecular complexity index is 1440. The molecule has 0 amide bonds. The van der Waals surface area contributed by atoms with Crippen LogP contribution in [-0.2, 0) is 13.9 Å². The molecule has 0 saturated heterocycles. The third kappa shape index (κ3) is 8.14. The van der Waals surface area contributed by atoms with Crippen LogP contribution in [0.1, 0.15) is 74.8 Å². The van der Waals surface area contributed by atoms with Crippen LogP contribution in [-0.4, -0.2) is 71.7 Å². The Morgan fingerprint density at radius 1 is 0.878 bits per heavy atom. The van der Waals surface area contributed by atoms with Crippen LogP contribution < -0.4 is 9.47 Å². The zero-order chi connectivity index (χ0) is 30.5. The van der Waals surface area contributed by atoms with E-state index in [-0.39, 0.29) is 51.7 Å². The number of carbonyl (C=O) groups excluding carboxylic acids is 3. The fourth-order valence-corrected chi connectivity index (χ4v) is 8.69. The van der Waals surface area contributed by atoms with Crippen LogP contribution in [0.4, 0.5) is 0 Å². The van der Waals surface area contributed by atoms with Crippen LogP contribution in [0.15, 0.2) is 30.3 Å². The predicted molar refractivity (Wildman–Crippen MR) is 147 cm³/mol. The maximum atomic E-state index is 13.5. The van der Waals surface area contributed by atoms with Gasteiger partial charge in [-0.2, -0.15) is 11.8 Å². The number of rotatable bonds is 14. The molecule has 0 radical (unpaired) electrons. The van der Waals surface area contributed by atoms with Crippen molar-refractivity contribution in [2.75, 3.05) is 18.1 Å². The highest BCUT2D eigenvalue weighted by atomic mass is 32.2. The molecule has 41 heavy (non-hydrogen) atoms. The van der Waals surface area contributed by atoms with Crippen molar-refractivity contribution in [3.63, 3.8) is 0 Å². The van der Waals surface area contributed by atoms with Gasteiger partial charge in [0, 0.05) is 23.8 Å². The average Bonchev–Trinajstić information content (AvgIpc) is 2.85. The first-order valence-electron chi connectivity index (χ1n) is 12.3. The molecule has 0 unspecified atom stereocenters. The number of carboxylic acid groups (broad SMARTS) is 1. The lowest BCUT2D eigenvalue weighted by molar-refractivity contribution is -0.131. The van der Waals surface area contributed by atoms with Gasteiger partial charge < -0.3 is 34.2 Å². The van der Waals surface area contributed by atoms with Crippen LogP contribution >= 0.6 is 27.0 Å². The molecule has 0 aliphatic heterocycles. The van der Waals surface area contributed by atoms with E-state index in [1.165, 1.54) is 18.2 Å². The summed E-state index contributed by atoms with van der Waals surface area (Å²) < 4.78 is 33.5. The molecule has 5 N–H and O–H groups in total. The Hall–Kier alpha value is -2.83. The van der Waals surface area contributed by atoms with Crippen molar-refractivity contribution in [3.8, 4) is 11.5 Å². The second kappa shape index (κ2) is 13.4. The monoisotopic (exact) mass is 630 g/mol. The summed E-state index contributed by atoms with van der Waals surface area (Å²) in [7, 11) is -9.88. The van der Waals surface area contributed by atoms with Crippen LogP contribution in [0.5, 0.6) is 11.5 Å². The van der Waals surface area contributed by atoms with Gasteiger partial charge in [-0.05, 0) is 36.8 Å². The molecule has 0 bridgehead atoms. The van der Waals surface area contributed by atoms with E-state index < -0.39 is 44.1 Å². The Morgan fingerprint density at radius 2 is 1.51 bits per heavy atom. The van der Waals surface area contributed by atoms with E-state index in [1.54, 1.807) is 0 Å². The highest BCUT2D eigenvalue weighted by Crippen LogP contribution is 2.60. The third-order valence-corrected chi connectivity index (χ3v) is 11.4. The first-order chi connectivity index (χ1) is 19.1. The number of carboxylic acids is 1. The van der Waals surface area contributed by atoms with Gasteiger partial charge in [-0.1, -0.05) is 25.0 Å². The number of carbonyl (C=O) groups is 4. The zero-order valence-electron chi connectivity index (χ0n) is 21.7. The molecule has 0 heterocycles. The molecular weight excluding hydrogens is 602 g/mol. The van der Waals surface area contributed by atoms with Crippen LogP contribution in [0.3, 0.4) is 0 Å². The minimum Gasteiger partial charge on any atom is -0.493 e. The van der Waals surface area contributed by atoms with Crippen LogP contribution in [0.2, 0.25) is 0 Å². The largest absolute Gasteiger partial charge is 0.493 e. The van der Waals surface area contributed by atoms with Crippen LogP contribution in [0, 0.1) is 0 Å². The van der Waals surface area contributed by atoms with Crippen molar-refractivity contribution in [2.24, 2.45) is 0 Å². The molecule has 16 heteroatoms. The molecule has 13 nitrogen and oxygen atoms in total. The molecule has 0 saturated carbocycles. The first-order valence-corrected chi connectivity index (χ1v) is 16.8. The highest BCUT2D eigenvalue weighted by molar-refractivity contribution is 8.00. The minimum atomic E-state index is -4.94. The van der Waals surface area contributed by atoms with E-state index in [1.807, 2.05) is 0 Å². The summed E-state index contributed by atoms with van der Waals surface area (Å²) in [4.78, 5) is 86.5. The van der Waals surface area contributed by atoms with Gasteiger partial charge in [0.25, 0.3) is 0 Å². The number of aromatic carboxylic acids is 1. The second-order valence-corrected chi connectivity index (χ2v) is 14.3. The number of unbranched alkanes of at least 4 members (excludes halogenated alkanes) is 3. The summed E-state index contributed by atoms with van der Waals surface area (Å²) in [6.45, 7) is 1.27. The summed E-state index contributed by atoms with van der Waals surface area (Å²) >= 11 is 1.04. The minimum absolute atomic E-state index is 0.0252. The Labute approximate surface area is 238 Å². The van der Waals surface area contributed by atoms with E-state index >= 15 is 0 Å². The molecule has 3 rings (SSSR count). The molecular formula is C25H28O13P2S. The molecule has 2 aromatic carbocycles. The molecule has 0 fully saturated rings. The summed E-state index contributed by atoms with van der Waals surface area (Å²) in [5.41, 5.74) is -0.740. The van der Waals surface area contributed by atoms with Crippen molar-refractivity contribution in [3.05, 3.63) is 58.1 Å². The van der Waals surface area contributed by atoms with Gasteiger partial charge in [0.05, 0.1) is 23.3 Å². The van der Waals surface area contributed by atoms with Crippen molar-refractivity contribution in [1.82, 2.24) is 0 Å². The van der Waals surface area contributed by atoms with E-state index in [0.717, 1.165) is 30.8 Å². The lowest BCUT2D eigenvalue weighted by Crippen LogP contribution is -2.24. The molecule has 0 atom stereocenters. The number of hydrogen-bond acceptors (Lipinski definition) is 9. The molecule has 1 aliphatic rings. The molecule has 2 aromatic rings. The number of ether oxygens (including phenoxy) is 2.